The van der Waals surface area contributed by atoms with E-state index in [2.05, 4.69) is 169 Å². The molecule has 242 valence electrons. The molecule has 4 aliphatic carbocycles. The first-order chi connectivity index (χ1) is 25.3. The van der Waals surface area contributed by atoms with Crippen molar-refractivity contribution in [2.45, 2.75) is 31.1 Å². The zero-order chi connectivity index (χ0) is 33.5. The molecular formula is C49H35NO. The van der Waals surface area contributed by atoms with Crippen LogP contribution in [0.2, 0.25) is 0 Å². The Hall–Kier alpha value is -6.12. The topological polar surface area (TPSA) is 16.4 Å². The van der Waals surface area contributed by atoms with Crippen LogP contribution >= 0.6 is 0 Å². The number of benzene rings is 6. The van der Waals surface area contributed by atoms with E-state index in [0.29, 0.717) is 0 Å². The summed E-state index contributed by atoms with van der Waals surface area (Å²) in [5, 5.41) is 1.17. The molecule has 6 aromatic carbocycles. The number of allylic oxidation sites excluding steroid dienone is 5. The van der Waals surface area contributed by atoms with E-state index in [1.807, 2.05) is 0 Å². The number of anilines is 2. The predicted octanol–water partition coefficient (Wildman–Crippen LogP) is 12.7. The van der Waals surface area contributed by atoms with E-state index in [1.54, 1.807) is 0 Å². The van der Waals surface area contributed by atoms with Crippen molar-refractivity contribution < 1.29 is 4.42 Å². The number of hydrogen-bond acceptors (Lipinski definition) is 2. The summed E-state index contributed by atoms with van der Waals surface area (Å²) in [7, 11) is 0. The van der Waals surface area contributed by atoms with Gasteiger partial charge in [-0.15, -0.1) is 0 Å². The molecule has 2 heteroatoms. The van der Waals surface area contributed by atoms with Crippen LogP contribution in [0.1, 0.15) is 52.8 Å². The average Bonchev–Trinajstić information content (AvgIpc) is 3.83. The van der Waals surface area contributed by atoms with Crippen molar-refractivity contribution in [3.05, 3.63) is 203 Å². The summed E-state index contributed by atoms with van der Waals surface area (Å²) in [5.74, 6) is 1.07. The molecule has 4 aliphatic rings. The van der Waals surface area contributed by atoms with Gasteiger partial charge in [0, 0.05) is 28.7 Å². The van der Waals surface area contributed by atoms with Crippen LogP contribution in [0.4, 0.5) is 11.4 Å². The van der Waals surface area contributed by atoms with E-state index in [1.165, 1.54) is 72.3 Å². The summed E-state index contributed by atoms with van der Waals surface area (Å²) in [5.41, 5.74) is 19.0. The third-order valence-corrected chi connectivity index (χ3v) is 11.6. The van der Waals surface area contributed by atoms with E-state index in [-0.39, 0.29) is 5.41 Å². The second-order valence-electron chi connectivity index (χ2n) is 14.2. The van der Waals surface area contributed by atoms with Gasteiger partial charge in [0.05, 0.1) is 11.1 Å². The highest BCUT2D eigenvalue weighted by Crippen LogP contribution is 2.64. The molecule has 1 heterocycles. The summed E-state index contributed by atoms with van der Waals surface area (Å²) in [6.45, 7) is 0. The molecule has 0 saturated heterocycles. The molecule has 1 spiro atoms. The van der Waals surface area contributed by atoms with Crippen molar-refractivity contribution >= 4 is 33.6 Å². The fourth-order valence-electron chi connectivity index (χ4n) is 9.60. The lowest BCUT2D eigenvalue weighted by Gasteiger charge is -2.34. The molecule has 51 heavy (non-hydrogen) atoms. The van der Waals surface area contributed by atoms with Gasteiger partial charge in [-0.25, -0.2) is 0 Å². The van der Waals surface area contributed by atoms with Crippen LogP contribution in [0.5, 0.6) is 0 Å². The molecule has 0 N–H and O–H groups in total. The maximum Gasteiger partial charge on any atom is 0.134 e. The number of furan rings is 1. The quantitative estimate of drug-likeness (QED) is 0.188. The Morgan fingerprint density at radius 3 is 2.02 bits per heavy atom. The van der Waals surface area contributed by atoms with Crippen molar-refractivity contribution in [1.82, 2.24) is 0 Å². The van der Waals surface area contributed by atoms with Crippen LogP contribution in [0.25, 0.3) is 44.5 Å². The highest BCUT2D eigenvalue weighted by atomic mass is 16.3. The molecule has 0 unspecified atom stereocenters. The van der Waals surface area contributed by atoms with Gasteiger partial charge in [0.15, 0.2) is 0 Å². The Morgan fingerprint density at radius 2 is 1.22 bits per heavy atom. The van der Waals surface area contributed by atoms with E-state index >= 15 is 0 Å². The first-order valence-electron chi connectivity index (χ1n) is 18.2. The van der Waals surface area contributed by atoms with Crippen LogP contribution in [-0.2, 0) is 11.8 Å². The second-order valence-corrected chi connectivity index (χ2v) is 14.2. The summed E-state index contributed by atoms with van der Waals surface area (Å²) in [6.07, 6.45) is 11.1. The maximum absolute atomic E-state index is 6.51. The van der Waals surface area contributed by atoms with Crippen molar-refractivity contribution in [3.8, 4) is 22.3 Å². The second kappa shape index (κ2) is 10.9. The summed E-state index contributed by atoms with van der Waals surface area (Å²) in [6, 6.07) is 53.7. The molecule has 0 aliphatic heterocycles. The van der Waals surface area contributed by atoms with Gasteiger partial charge in [-0.3, -0.25) is 0 Å². The zero-order valence-electron chi connectivity index (χ0n) is 28.3. The van der Waals surface area contributed by atoms with Crippen LogP contribution in [-0.4, -0.2) is 0 Å². The molecule has 0 saturated carbocycles. The third-order valence-electron chi connectivity index (χ3n) is 11.6. The Labute approximate surface area is 298 Å². The minimum absolute atomic E-state index is 0.276. The Kier molecular flexibility index (Phi) is 6.15. The first kappa shape index (κ1) is 28.7. The number of para-hydroxylation sites is 1. The number of hydrogen-bond donors (Lipinski definition) is 0. The monoisotopic (exact) mass is 653 g/mol. The van der Waals surface area contributed by atoms with Crippen LogP contribution < -0.4 is 4.90 Å². The Morgan fingerprint density at radius 1 is 0.549 bits per heavy atom. The van der Waals surface area contributed by atoms with E-state index in [9.17, 15) is 0 Å². The van der Waals surface area contributed by atoms with Gasteiger partial charge in [-0.05, 0) is 105 Å². The standard InChI is InChI=1S/C49H35NO/c1-2-13-32(14-3-1)33-25-27-34(28-26-33)50(45-22-12-24-47-48(45)39-18-7-11-23-46(39)51-47)35-29-30-44-40(31-35)38-17-6-10-21-43(38)49(44)41-19-8-4-15-36(41)37-16-5-9-20-42(37)49/h1-9,11,13-20,22-23,25-31H,10,12,21,24H2. The van der Waals surface area contributed by atoms with E-state index < -0.39 is 0 Å². The molecule has 0 fully saturated rings. The Balaban J connectivity index is 1.14. The maximum atomic E-state index is 6.51. The van der Waals surface area contributed by atoms with Crippen LogP contribution in [0.3, 0.4) is 0 Å². The molecular weight excluding hydrogens is 619 g/mol. The number of aryl methyl sites for hydroxylation is 1. The first-order valence-corrected chi connectivity index (χ1v) is 18.2. The molecule has 0 atom stereocenters. The minimum atomic E-state index is -0.276. The number of fused-ring (bicyclic) bond motifs is 12. The average molecular weight is 654 g/mol. The molecule has 11 rings (SSSR count). The van der Waals surface area contributed by atoms with Crippen LogP contribution in [0.15, 0.2) is 174 Å². The molecule has 0 radical (unpaired) electrons. The van der Waals surface area contributed by atoms with Crippen molar-refractivity contribution in [2.24, 2.45) is 0 Å². The van der Waals surface area contributed by atoms with Gasteiger partial charge in [0.25, 0.3) is 0 Å². The third kappa shape index (κ3) is 3.99. The fraction of sp³-hybridized carbons (Fsp3) is 0.102. The van der Waals surface area contributed by atoms with Crippen molar-refractivity contribution in [3.63, 3.8) is 0 Å². The van der Waals surface area contributed by atoms with E-state index in [4.69, 9.17) is 4.42 Å². The highest BCUT2D eigenvalue weighted by molar-refractivity contribution is 6.02. The van der Waals surface area contributed by atoms with Gasteiger partial charge in [0.1, 0.15) is 11.3 Å². The summed E-state index contributed by atoms with van der Waals surface area (Å²) >= 11 is 0. The summed E-state index contributed by atoms with van der Waals surface area (Å²) in [4.78, 5) is 2.48. The lowest BCUT2D eigenvalue weighted by molar-refractivity contribution is 0.545. The lowest BCUT2D eigenvalue weighted by Crippen LogP contribution is -2.28. The molecule has 0 amide bonds. The molecule has 1 aromatic heterocycles. The summed E-state index contributed by atoms with van der Waals surface area (Å²) < 4.78 is 6.51. The van der Waals surface area contributed by atoms with Crippen molar-refractivity contribution in [2.75, 3.05) is 4.90 Å². The van der Waals surface area contributed by atoms with Gasteiger partial charge in [-0.1, -0.05) is 133 Å². The zero-order valence-corrected chi connectivity index (χ0v) is 28.3. The smallest absolute Gasteiger partial charge is 0.134 e. The van der Waals surface area contributed by atoms with Gasteiger partial charge in [-0.2, -0.15) is 0 Å². The minimum Gasteiger partial charge on any atom is -0.460 e. The fourth-order valence-corrected chi connectivity index (χ4v) is 9.60. The van der Waals surface area contributed by atoms with Crippen LogP contribution in [0, 0.1) is 0 Å². The SMILES string of the molecule is C1=CC2=C(CC1)C1(c3ccc(N(C4=CCCc5oc6ccccc6c54)c4ccc(-c5ccccc5)cc4)cc32)c2ccccc2-c2ccccc21. The van der Waals surface area contributed by atoms with Crippen molar-refractivity contribution in [1.29, 1.82) is 0 Å². The van der Waals surface area contributed by atoms with Gasteiger partial charge >= 0.3 is 0 Å². The molecule has 2 nitrogen and oxygen atoms in total. The Bertz CT molecular complexity index is 2590. The highest BCUT2D eigenvalue weighted by Gasteiger charge is 2.52. The van der Waals surface area contributed by atoms with E-state index in [0.717, 1.165) is 48.4 Å². The molecule has 0 bridgehead atoms. The normalized spacial score (nSPS) is 16.0. The number of nitrogens with zero attached hydrogens (tertiary/aromatic N) is 1. The van der Waals surface area contributed by atoms with Gasteiger partial charge in [0.2, 0.25) is 0 Å². The lowest BCUT2D eigenvalue weighted by atomic mass is 9.68. The predicted molar refractivity (Wildman–Crippen MR) is 210 cm³/mol. The molecule has 7 aromatic rings. The van der Waals surface area contributed by atoms with Gasteiger partial charge < -0.3 is 9.32 Å². The largest absolute Gasteiger partial charge is 0.460 e. The number of rotatable bonds is 4.